The fraction of sp³-hybridized carbons (Fsp3) is 0.267. The molecular weight excluding hydrogens is 252 g/mol. The summed E-state index contributed by atoms with van der Waals surface area (Å²) in [6, 6.07) is 7.85. The van der Waals surface area contributed by atoms with Gasteiger partial charge in [-0.2, -0.15) is 10.4 Å². The fourth-order valence-electron chi connectivity index (χ4n) is 1.86. The van der Waals surface area contributed by atoms with E-state index in [9.17, 15) is 5.26 Å². The minimum absolute atomic E-state index is 0.476. The highest BCUT2D eigenvalue weighted by Crippen LogP contribution is 2.26. The van der Waals surface area contributed by atoms with Crippen molar-refractivity contribution in [3.63, 3.8) is 0 Å². The van der Waals surface area contributed by atoms with Crippen LogP contribution in [0.3, 0.4) is 0 Å². The second-order valence-electron chi connectivity index (χ2n) is 4.55. The Labute approximate surface area is 118 Å². The van der Waals surface area contributed by atoms with Crippen LogP contribution in [0.5, 0.6) is 5.75 Å². The molecule has 0 atom stereocenters. The predicted octanol–water partition coefficient (Wildman–Crippen LogP) is 3.03. The van der Waals surface area contributed by atoms with E-state index in [-0.39, 0.29) is 0 Å². The maximum atomic E-state index is 9.28. The zero-order valence-corrected chi connectivity index (χ0v) is 12.0. The number of nitrogens with one attached hydrogen (secondary N) is 1. The van der Waals surface area contributed by atoms with Gasteiger partial charge in [-0.25, -0.2) is 0 Å². The van der Waals surface area contributed by atoms with Crippen molar-refractivity contribution in [2.24, 2.45) is 0 Å². The molecule has 2 rings (SSSR count). The summed E-state index contributed by atoms with van der Waals surface area (Å²) in [5.41, 5.74) is 4.01. The molecule has 0 aliphatic heterocycles. The number of nitrogens with zero attached hydrogens (tertiary/aromatic N) is 3. The summed E-state index contributed by atoms with van der Waals surface area (Å²) in [6.45, 7) is 5.67. The van der Waals surface area contributed by atoms with Gasteiger partial charge in [0.2, 0.25) is 0 Å². The maximum absolute atomic E-state index is 9.28. The predicted molar refractivity (Wildman–Crippen MR) is 77.2 cm³/mol. The van der Waals surface area contributed by atoms with Crippen LogP contribution in [-0.2, 0) is 0 Å². The third-order valence-electron chi connectivity index (χ3n) is 3.25. The van der Waals surface area contributed by atoms with E-state index < -0.39 is 0 Å². The van der Waals surface area contributed by atoms with E-state index in [2.05, 4.69) is 21.6 Å². The van der Waals surface area contributed by atoms with Crippen molar-refractivity contribution >= 4 is 11.5 Å². The summed E-state index contributed by atoms with van der Waals surface area (Å²) in [5.74, 6) is 1.27. The molecular formula is C15H16N4O. The summed E-state index contributed by atoms with van der Waals surface area (Å²) in [5, 5.41) is 20.6. The summed E-state index contributed by atoms with van der Waals surface area (Å²) >= 11 is 0. The lowest BCUT2D eigenvalue weighted by Crippen LogP contribution is -2.04. The van der Waals surface area contributed by atoms with E-state index in [1.165, 1.54) is 0 Å². The minimum Gasteiger partial charge on any atom is -0.497 e. The number of methoxy groups -OCH3 is 1. The molecule has 0 amide bonds. The van der Waals surface area contributed by atoms with Gasteiger partial charge in [0.1, 0.15) is 17.4 Å². The molecule has 0 unspecified atom stereocenters. The summed E-state index contributed by atoms with van der Waals surface area (Å²) in [6.07, 6.45) is 0. The van der Waals surface area contributed by atoms with Crippen LogP contribution in [0.25, 0.3) is 0 Å². The molecule has 0 aliphatic carbocycles. The van der Waals surface area contributed by atoms with E-state index >= 15 is 0 Å². The molecule has 1 N–H and O–H groups in total. The lowest BCUT2D eigenvalue weighted by atomic mass is 10.1. The smallest absolute Gasteiger partial charge is 0.171 e. The van der Waals surface area contributed by atoms with Crippen molar-refractivity contribution in [1.29, 1.82) is 5.26 Å². The first-order valence-electron chi connectivity index (χ1n) is 6.22. The molecule has 0 fully saturated rings. The Morgan fingerprint density at radius 1 is 1.20 bits per heavy atom. The van der Waals surface area contributed by atoms with E-state index in [4.69, 9.17) is 4.74 Å². The highest BCUT2D eigenvalue weighted by Gasteiger charge is 2.12. The molecule has 0 saturated heterocycles. The Morgan fingerprint density at radius 2 is 1.95 bits per heavy atom. The van der Waals surface area contributed by atoms with Gasteiger partial charge in [0.25, 0.3) is 0 Å². The number of anilines is 2. The van der Waals surface area contributed by atoms with Crippen LogP contribution >= 0.6 is 0 Å². The van der Waals surface area contributed by atoms with Gasteiger partial charge in [0.15, 0.2) is 5.82 Å². The highest BCUT2D eigenvalue weighted by molar-refractivity contribution is 5.67. The van der Waals surface area contributed by atoms with Crippen LogP contribution in [0.2, 0.25) is 0 Å². The molecule has 0 radical (unpaired) electrons. The molecule has 20 heavy (non-hydrogen) atoms. The number of ether oxygens (including phenoxy) is 1. The molecule has 5 nitrogen and oxygen atoms in total. The van der Waals surface area contributed by atoms with Crippen LogP contribution in [-0.4, -0.2) is 17.3 Å². The van der Waals surface area contributed by atoms with Crippen molar-refractivity contribution in [1.82, 2.24) is 10.2 Å². The van der Waals surface area contributed by atoms with Crippen LogP contribution in [0.4, 0.5) is 11.5 Å². The SMILES string of the molecule is COc1ccc(Nc2nnc(C)c(C)c2C#N)c(C)c1. The van der Waals surface area contributed by atoms with Crippen LogP contribution in [0.1, 0.15) is 22.4 Å². The normalized spacial score (nSPS) is 9.95. The maximum Gasteiger partial charge on any atom is 0.171 e. The number of nitriles is 1. The van der Waals surface area contributed by atoms with Crippen LogP contribution < -0.4 is 10.1 Å². The Balaban J connectivity index is 2.41. The Bertz CT molecular complexity index is 689. The topological polar surface area (TPSA) is 70.8 Å². The lowest BCUT2D eigenvalue weighted by molar-refractivity contribution is 0.414. The first kappa shape index (κ1) is 13.8. The van der Waals surface area contributed by atoms with Crippen molar-refractivity contribution in [3.05, 3.63) is 40.6 Å². The zero-order valence-electron chi connectivity index (χ0n) is 12.0. The summed E-state index contributed by atoms with van der Waals surface area (Å²) in [7, 11) is 1.63. The van der Waals surface area contributed by atoms with Crippen molar-refractivity contribution in [3.8, 4) is 11.8 Å². The van der Waals surface area contributed by atoms with Gasteiger partial charge in [-0.05, 0) is 50.1 Å². The standard InChI is InChI=1S/C15H16N4O/c1-9-7-12(20-4)5-6-14(9)17-15-13(8-16)10(2)11(3)18-19-15/h5-7H,1-4H3,(H,17,19). The molecule has 0 aliphatic rings. The second kappa shape index (κ2) is 5.57. The quantitative estimate of drug-likeness (QED) is 0.926. The first-order chi connectivity index (χ1) is 9.56. The van der Waals surface area contributed by atoms with E-state index in [0.29, 0.717) is 11.4 Å². The van der Waals surface area contributed by atoms with Gasteiger partial charge < -0.3 is 10.1 Å². The molecule has 1 aromatic heterocycles. The van der Waals surface area contributed by atoms with Crippen molar-refractivity contribution in [2.45, 2.75) is 20.8 Å². The molecule has 1 aromatic carbocycles. The van der Waals surface area contributed by atoms with E-state index in [1.54, 1.807) is 7.11 Å². The van der Waals surface area contributed by atoms with Crippen LogP contribution in [0.15, 0.2) is 18.2 Å². The van der Waals surface area contributed by atoms with Crippen molar-refractivity contribution < 1.29 is 4.74 Å². The van der Waals surface area contributed by atoms with E-state index in [0.717, 1.165) is 28.3 Å². The zero-order chi connectivity index (χ0) is 14.7. The summed E-state index contributed by atoms with van der Waals surface area (Å²) in [4.78, 5) is 0. The van der Waals surface area contributed by atoms with E-state index in [1.807, 2.05) is 39.0 Å². The number of hydrogen-bond donors (Lipinski definition) is 1. The van der Waals surface area contributed by atoms with Gasteiger partial charge in [-0.3, -0.25) is 0 Å². The first-order valence-corrected chi connectivity index (χ1v) is 6.22. The average Bonchev–Trinajstić information content (AvgIpc) is 2.45. The summed E-state index contributed by atoms with van der Waals surface area (Å²) < 4.78 is 5.17. The van der Waals surface area contributed by atoms with Crippen molar-refractivity contribution in [2.75, 3.05) is 12.4 Å². The molecule has 102 valence electrons. The number of rotatable bonds is 3. The lowest BCUT2D eigenvalue weighted by Gasteiger charge is -2.12. The van der Waals surface area contributed by atoms with Crippen LogP contribution in [0, 0.1) is 32.1 Å². The fourth-order valence-corrected chi connectivity index (χ4v) is 1.86. The Hall–Kier alpha value is -2.61. The molecule has 0 bridgehead atoms. The third kappa shape index (κ3) is 2.54. The Kier molecular flexibility index (Phi) is 3.85. The van der Waals surface area contributed by atoms with Gasteiger partial charge in [-0.1, -0.05) is 0 Å². The number of benzene rings is 1. The number of aromatic nitrogens is 2. The minimum atomic E-state index is 0.476. The highest BCUT2D eigenvalue weighted by atomic mass is 16.5. The molecule has 5 heteroatoms. The second-order valence-corrected chi connectivity index (χ2v) is 4.55. The molecule has 0 saturated carbocycles. The molecule has 2 aromatic rings. The molecule has 1 heterocycles. The largest absolute Gasteiger partial charge is 0.497 e. The third-order valence-corrected chi connectivity index (χ3v) is 3.25. The average molecular weight is 268 g/mol. The van der Waals surface area contributed by atoms with Gasteiger partial charge in [0.05, 0.1) is 12.8 Å². The van der Waals surface area contributed by atoms with Gasteiger partial charge >= 0.3 is 0 Å². The number of hydrogen-bond acceptors (Lipinski definition) is 5. The monoisotopic (exact) mass is 268 g/mol. The Morgan fingerprint density at radius 3 is 2.55 bits per heavy atom. The van der Waals surface area contributed by atoms with Gasteiger partial charge in [-0.15, -0.1) is 5.10 Å². The molecule has 0 spiro atoms. The number of aryl methyl sites for hydroxylation is 2. The van der Waals surface area contributed by atoms with Gasteiger partial charge in [0, 0.05) is 5.69 Å².